The van der Waals surface area contributed by atoms with Gasteiger partial charge in [0.1, 0.15) is 5.82 Å². The highest BCUT2D eigenvalue weighted by Crippen LogP contribution is 2.18. The molecule has 0 aliphatic rings. The summed E-state index contributed by atoms with van der Waals surface area (Å²) in [6.45, 7) is 1.74. The molecule has 3 rings (SSSR count). The van der Waals surface area contributed by atoms with Crippen molar-refractivity contribution in [1.82, 2.24) is 19.6 Å². The minimum Gasteiger partial charge on any atom is -0.276 e. The minimum absolute atomic E-state index is 0.370. The van der Waals surface area contributed by atoms with Crippen LogP contribution in [0.1, 0.15) is 5.82 Å². The summed E-state index contributed by atoms with van der Waals surface area (Å²) >= 11 is 0. The maximum absolute atomic E-state index is 13.2. The number of fused-ring (bicyclic) bond motifs is 3. The predicted molar refractivity (Wildman–Crippen MR) is 52.9 cm³/mol. The second-order valence-corrected chi connectivity index (χ2v) is 3.45. The standard InChI is InChI=1S/C10H6F2N4/c1-5-14-15-10-4-13-8-2-6(11)7(12)3-9(8)16(5)10/h2-4H,1H3. The molecular formula is C10H6F2N4. The van der Waals surface area contributed by atoms with E-state index in [2.05, 4.69) is 15.2 Å². The van der Waals surface area contributed by atoms with Crippen molar-refractivity contribution < 1.29 is 8.78 Å². The first-order chi connectivity index (χ1) is 7.66. The van der Waals surface area contributed by atoms with Gasteiger partial charge in [0.25, 0.3) is 0 Å². The van der Waals surface area contributed by atoms with Gasteiger partial charge in [0.2, 0.25) is 0 Å². The van der Waals surface area contributed by atoms with Crippen LogP contribution in [0.4, 0.5) is 8.78 Å². The largest absolute Gasteiger partial charge is 0.276 e. The van der Waals surface area contributed by atoms with E-state index in [4.69, 9.17) is 0 Å². The molecule has 3 aromatic rings. The van der Waals surface area contributed by atoms with E-state index in [0.717, 1.165) is 12.1 Å². The van der Waals surface area contributed by atoms with Crippen molar-refractivity contribution in [1.29, 1.82) is 0 Å². The zero-order chi connectivity index (χ0) is 11.3. The molecule has 0 bridgehead atoms. The van der Waals surface area contributed by atoms with E-state index >= 15 is 0 Å². The number of rotatable bonds is 0. The molecule has 0 N–H and O–H groups in total. The first-order valence-electron chi connectivity index (χ1n) is 4.62. The van der Waals surface area contributed by atoms with E-state index in [-0.39, 0.29) is 0 Å². The molecule has 0 saturated carbocycles. The molecule has 6 heteroatoms. The van der Waals surface area contributed by atoms with Gasteiger partial charge >= 0.3 is 0 Å². The molecule has 1 aromatic carbocycles. The van der Waals surface area contributed by atoms with Crippen molar-refractivity contribution >= 4 is 16.7 Å². The van der Waals surface area contributed by atoms with Gasteiger partial charge in [-0.2, -0.15) is 0 Å². The third-order valence-corrected chi connectivity index (χ3v) is 2.43. The molecule has 0 spiro atoms. The van der Waals surface area contributed by atoms with E-state index in [0.29, 0.717) is 22.5 Å². The van der Waals surface area contributed by atoms with Crippen molar-refractivity contribution in [2.45, 2.75) is 6.92 Å². The molecule has 80 valence electrons. The molecule has 0 amide bonds. The lowest BCUT2D eigenvalue weighted by atomic mass is 10.2. The molecular weight excluding hydrogens is 214 g/mol. The van der Waals surface area contributed by atoms with Crippen LogP contribution in [0.5, 0.6) is 0 Å². The molecule has 16 heavy (non-hydrogen) atoms. The Morgan fingerprint density at radius 2 is 1.88 bits per heavy atom. The quantitative estimate of drug-likeness (QED) is 0.580. The Bertz CT molecular complexity index is 705. The Morgan fingerprint density at radius 1 is 1.12 bits per heavy atom. The van der Waals surface area contributed by atoms with Gasteiger partial charge in [-0.15, -0.1) is 10.2 Å². The van der Waals surface area contributed by atoms with E-state index in [9.17, 15) is 8.78 Å². The number of halogens is 2. The van der Waals surface area contributed by atoms with Gasteiger partial charge in [0, 0.05) is 12.1 Å². The number of hydrogen-bond acceptors (Lipinski definition) is 3. The van der Waals surface area contributed by atoms with E-state index in [1.807, 2.05) is 0 Å². The fourth-order valence-corrected chi connectivity index (χ4v) is 1.70. The highest BCUT2D eigenvalue weighted by molar-refractivity contribution is 5.77. The number of benzene rings is 1. The molecule has 0 saturated heterocycles. The minimum atomic E-state index is -0.912. The Kier molecular flexibility index (Phi) is 1.68. The lowest BCUT2D eigenvalue weighted by Gasteiger charge is -2.02. The van der Waals surface area contributed by atoms with Gasteiger partial charge in [-0.05, 0) is 6.92 Å². The number of aromatic nitrogens is 4. The number of nitrogens with zero attached hydrogens (tertiary/aromatic N) is 4. The lowest BCUT2D eigenvalue weighted by Crippen LogP contribution is -1.96. The van der Waals surface area contributed by atoms with Crippen LogP contribution >= 0.6 is 0 Å². The smallest absolute Gasteiger partial charge is 0.179 e. The highest BCUT2D eigenvalue weighted by atomic mass is 19.2. The maximum atomic E-state index is 13.2. The van der Waals surface area contributed by atoms with Crippen LogP contribution < -0.4 is 0 Å². The van der Waals surface area contributed by atoms with Crippen molar-refractivity contribution in [2.75, 3.05) is 0 Å². The Labute approximate surface area is 88.6 Å². The van der Waals surface area contributed by atoms with Gasteiger partial charge in [-0.3, -0.25) is 9.38 Å². The molecule has 0 aliphatic carbocycles. The first kappa shape index (κ1) is 9.14. The monoisotopic (exact) mass is 220 g/mol. The summed E-state index contributed by atoms with van der Waals surface area (Å²) in [7, 11) is 0. The second kappa shape index (κ2) is 2.94. The predicted octanol–water partition coefficient (Wildman–Crippen LogP) is 1.86. The number of hydrogen-bond donors (Lipinski definition) is 0. The van der Waals surface area contributed by atoms with Crippen molar-refractivity contribution in [3.05, 3.63) is 35.8 Å². The Balaban J connectivity index is 2.58. The van der Waals surface area contributed by atoms with Gasteiger partial charge in [-0.25, -0.2) is 8.78 Å². The van der Waals surface area contributed by atoms with Gasteiger partial charge in [0.05, 0.1) is 17.2 Å². The van der Waals surface area contributed by atoms with Crippen molar-refractivity contribution in [3.8, 4) is 0 Å². The zero-order valence-electron chi connectivity index (χ0n) is 8.28. The molecule has 0 atom stereocenters. The maximum Gasteiger partial charge on any atom is 0.179 e. The van der Waals surface area contributed by atoms with E-state index in [1.54, 1.807) is 11.3 Å². The van der Waals surface area contributed by atoms with Gasteiger partial charge in [-0.1, -0.05) is 0 Å². The molecule has 2 heterocycles. The third-order valence-electron chi connectivity index (χ3n) is 2.43. The van der Waals surface area contributed by atoms with Crippen LogP contribution in [0.25, 0.3) is 16.7 Å². The fourth-order valence-electron chi connectivity index (χ4n) is 1.70. The fraction of sp³-hybridized carbons (Fsp3) is 0.100. The van der Waals surface area contributed by atoms with Gasteiger partial charge < -0.3 is 0 Å². The van der Waals surface area contributed by atoms with Crippen LogP contribution in [0.3, 0.4) is 0 Å². The molecule has 4 nitrogen and oxygen atoms in total. The van der Waals surface area contributed by atoms with Crippen LogP contribution in [0.2, 0.25) is 0 Å². The Hall–Kier alpha value is -2.11. The van der Waals surface area contributed by atoms with Crippen LogP contribution in [-0.4, -0.2) is 19.6 Å². The van der Waals surface area contributed by atoms with Crippen molar-refractivity contribution in [2.24, 2.45) is 0 Å². The SMILES string of the molecule is Cc1nnc2cnc3cc(F)c(F)cc3n12. The van der Waals surface area contributed by atoms with E-state index in [1.165, 1.54) is 6.20 Å². The molecule has 0 radical (unpaired) electrons. The molecule has 0 fully saturated rings. The molecule has 0 aliphatic heterocycles. The summed E-state index contributed by atoms with van der Waals surface area (Å²) in [5.74, 6) is -1.21. The van der Waals surface area contributed by atoms with Crippen LogP contribution in [0, 0.1) is 18.6 Å². The average molecular weight is 220 g/mol. The van der Waals surface area contributed by atoms with Crippen LogP contribution in [0.15, 0.2) is 18.3 Å². The Morgan fingerprint density at radius 3 is 2.69 bits per heavy atom. The zero-order valence-corrected chi connectivity index (χ0v) is 8.28. The normalized spacial score (nSPS) is 11.4. The summed E-state index contributed by atoms with van der Waals surface area (Å²) in [5, 5.41) is 7.71. The third kappa shape index (κ3) is 1.09. The number of aryl methyl sites for hydroxylation is 1. The van der Waals surface area contributed by atoms with Crippen molar-refractivity contribution in [3.63, 3.8) is 0 Å². The molecule has 0 unspecified atom stereocenters. The summed E-state index contributed by atoms with van der Waals surface area (Å²) in [6.07, 6.45) is 1.47. The summed E-state index contributed by atoms with van der Waals surface area (Å²) in [5.41, 5.74) is 1.34. The van der Waals surface area contributed by atoms with Crippen LogP contribution in [-0.2, 0) is 0 Å². The molecule has 2 aromatic heterocycles. The summed E-state index contributed by atoms with van der Waals surface area (Å²) in [6, 6.07) is 2.16. The highest BCUT2D eigenvalue weighted by Gasteiger charge is 2.10. The summed E-state index contributed by atoms with van der Waals surface area (Å²) < 4.78 is 27.8. The van der Waals surface area contributed by atoms with E-state index < -0.39 is 11.6 Å². The lowest BCUT2D eigenvalue weighted by molar-refractivity contribution is 0.510. The second-order valence-electron chi connectivity index (χ2n) is 3.45. The average Bonchev–Trinajstić information content (AvgIpc) is 2.63. The summed E-state index contributed by atoms with van der Waals surface area (Å²) in [4.78, 5) is 3.99. The van der Waals surface area contributed by atoms with Gasteiger partial charge in [0.15, 0.2) is 17.3 Å². The topological polar surface area (TPSA) is 43.1 Å². The first-order valence-corrected chi connectivity index (χ1v) is 4.62.